The van der Waals surface area contributed by atoms with Gasteiger partial charge in [-0.2, -0.15) is 5.10 Å². The van der Waals surface area contributed by atoms with Gasteiger partial charge in [0, 0.05) is 18.5 Å². The van der Waals surface area contributed by atoms with E-state index in [1.807, 2.05) is 18.5 Å². The van der Waals surface area contributed by atoms with Gasteiger partial charge in [-0.1, -0.05) is 6.07 Å². The highest BCUT2D eigenvalue weighted by Crippen LogP contribution is 2.12. The summed E-state index contributed by atoms with van der Waals surface area (Å²) in [5.74, 6) is -0.892. The molecule has 1 aromatic carbocycles. The van der Waals surface area contributed by atoms with E-state index < -0.39 is 11.6 Å². The van der Waals surface area contributed by atoms with Crippen molar-refractivity contribution in [3.63, 3.8) is 0 Å². The molecule has 1 heterocycles. The molecular weight excluding hydrogens is 262 g/mol. The number of aromatic nitrogens is 3. The zero-order valence-electron chi connectivity index (χ0n) is 11.6. The van der Waals surface area contributed by atoms with Crippen molar-refractivity contribution < 1.29 is 8.78 Å². The van der Waals surface area contributed by atoms with E-state index in [2.05, 4.69) is 10.1 Å². The molecule has 0 aliphatic rings. The van der Waals surface area contributed by atoms with E-state index in [0.29, 0.717) is 18.4 Å². The fourth-order valence-electron chi connectivity index (χ4n) is 2.13. The monoisotopic (exact) mass is 280 g/mol. The van der Waals surface area contributed by atoms with Gasteiger partial charge in [0.05, 0.1) is 0 Å². The van der Waals surface area contributed by atoms with E-state index >= 15 is 0 Å². The highest BCUT2D eigenvalue weighted by molar-refractivity contribution is 5.19. The van der Waals surface area contributed by atoms with Crippen molar-refractivity contribution >= 4 is 0 Å². The lowest BCUT2D eigenvalue weighted by Crippen LogP contribution is -2.27. The molecule has 0 spiro atoms. The molecule has 1 atom stereocenters. The molecule has 1 aromatic heterocycles. The lowest BCUT2D eigenvalue weighted by atomic mass is 10.0. The zero-order chi connectivity index (χ0) is 14.7. The van der Waals surface area contributed by atoms with Crippen LogP contribution in [-0.2, 0) is 12.8 Å². The molecule has 0 fully saturated rings. The number of halogens is 2. The van der Waals surface area contributed by atoms with Gasteiger partial charge in [-0.3, -0.25) is 0 Å². The molecule has 108 valence electrons. The van der Waals surface area contributed by atoms with Gasteiger partial charge in [-0.25, -0.2) is 18.4 Å². The summed E-state index contributed by atoms with van der Waals surface area (Å²) in [5, 5.41) is 4.14. The third-order valence-electron chi connectivity index (χ3n) is 3.06. The van der Waals surface area contributed by atoms with Gasteiger partial charge in [-0.05, 0) is 38.0 Å². The lowest BCUT2D eigenvalue weighted by molar-refractivity contribution is 0.487. The van der Waals surface area contributed by atoms with Gasteiger partial charge in [0.15, 0.2) is 11.6 Å². The highest BCUT2D eigenvalue weighted by atomic mass is 19.2. The molecular formula is C14H18F2N4. The van der Waals surface area contributed by atoms with E-state index in [1.165, 1.54) is 12.4 Å². The largest absolute Gasteiger partial charge is 0.327 e. The van der Waals surface area contributed by atoms with E-state index in [1.54, 1.807) is 6.07 Å². The summed E-state index contributed by atoms with van der Waals surface area (Å²) in [6.07, 6.45) is 2.50. The number of nitrogens with two attached hydrogens (primary N) is 1. The molecule has 4 nitrogen and oxygen atoms in total. The van der Waals surface area contributed by atoms with Crippen molar-refractivity contribution in [2.45, 2.75) is 38.8 Å². The van der Waals surface area contributed by atoms with Crippen LogP contribution < -0.4 is 5.73 Å². The Bertz CT molecular complexity index is 580. The fourth-order valence-corrected chi connectivity index (χ4v) is 2.13. The maximum Gasteiger partial charge on any atom is 0.159 e. The van der Waals surface area contributed by atoms with Crippen molar-refractivity contribution in [2.24, 2.45) is 5.73 Å². The first-order valence-electron chi connectivity index (χ1n) is 6.55. The van der Waals surface area contributed by atoms with Gasteiger partial charge in [0.1, 0.15) is 12.2 Å². The third kappa shape index (κ3) is 3.39. The minimum absolute atomic E-state index is 0.211. The average molecular weight is 280 g/mol. The Morgan fingerprint density at radius 2 is 1.95 bits per heavy atom. The first-order valence-corrected chi connectivity index (χ1v) is 6.55. The van der Waals surface area contributed by atoms with Gasteiger partial charge < -0.3 is 5.73 Å². The van der Waals surface area contributed by atoms with E-state index in [4.69, 9.17) is 5.73 Å². The Morgan fingerprint density at radius 1 is 1.20 bits per heavy atom. The van der Waals surface area contributed by atoms with Gasteiger partial charge in [0.25, 0.3) is 0 Å². The molecule has 2 aromatic rings. The maximum absolute atomic E-state index is 13.1. The second-order valence-electron chi connectivity index (χ2n) is 5.13. The fraction of sp³-hybridized carbons (Fsp3) is 0.429. The van der Waals surface area contributed by atoms with Crippen LogP contribution in [0.5, 0.6) is 0 Å². The van der Waals surface area contributed by atoms with Crippen molar-refractivity contribution in [2.75, 3.05) is 0 Å². The molecule has 6 heteroatoms. The summed E-state index contributed by atoms with van der Waals surface area (Å²) in [7, 11) is 0. The van der Waals surface area contributed by atoms with Crippen LogP contribution in [0.3, 0.4) is 0 Å². The second-order valence-corrected chi connectivity index (χ2v) is 5.13. The zero-order valence-corrected chi connectivity index (χ0v) is 11.6. The molecule has 1 unspecified atom stereocenters. The van der Waals surface area contributed by atoms with E-state index in [0.717, 1.165) is 11.9 Å². The quantitative estimate of drug-likeness (QED) is 0.914. The highest BCUT2D eigenvalue weighted by Gasteiger charge is 2.13. The van der Waals surface area contributed by atoms with Crippen LogP contribution in [-0.4, -0.2) is 20.8 Å². The summed E-state index contributed by atoms with van der Waals surface area (Å²) in [6, 6.07) is 3.84. The summed E-state index contributed by atoms with van der Waals surface area (Å²) in [4.78, 5) is 4.19. The molecule has 2 N–H and O–H groups in total. The van der Waals surface area contributed by atoms with Gasteiger partial charge in [0.2, 0.25) is 0 Å². The van der Waals surface area contributed by atoms with Gasteiger partial charge in [-0.15, -0.1) is 0 Å². The Labute approximate surface area is 116 Å². The number of hydrogen-bond acceptors (Lipinski definition) is 3. The smallest absolute Gasteiger partial charge is 0.159 e. The summed E-state index contributed by atoms with van der Waals surface area (Å²) >= 11 is 0. The van der Waals surface area contributed by atoms with Crippen LogP contribution in [0.1, 0.15) is 31.3 Å². The molecule has 0 aliphatic heterocycles. The predicted octanol–water partition coefficient (Wildman–Crippen LogP) is 2.25. The maximum atomic E-state index is 13.1. The molecule has 0 saturated carbocycles. The standard InChI is InChI=1S/C14H18F2N4/c1-9(2)20-14(18-8-19-20)7-11(17)5-10-3-4-12(15)13(16)6-10/h3-4,6,8-9,11H,5,7,17H2,1-2H3. The van der Waals surface area contributed by atoms with Crippen LogP contribution in [0, 0.1) is 11.6 Å². The summed E-state index contributed by atoms with van der Waals surface area (Å²) in [5.41, 5.74) is 6.73. The van der Waals surface area contributed by atoms with Crippen molar-refractivity contribution in [1.82, 2.24) is 14.8 Å². The van der Waals surface area contributed by atoms with Crippen LogP contribution in [0.4, 0.5) is 8.78 Å². The predicted molar refractivity (Wildman–Crippen MR) is 72.1 cm³/mol. The summed E-state index contributed by atoms with van der Waals surface area (Å²) < 4.78 is 27.8. The molecule has 20 heavy (non-hydrogen) atoms. The Hall–Kier alpha value is -1.82. The first-order chi connectivity index (χ1) is 9.47. The minimum atomic E-state index is -0.847. The SMILES string of the molecule is CC(C)n1ncnc1CC(N)Cc1ccc(F)c(F)c1. The van der Waals surface area contributed by atoms with Crippen molar-refractivity contribution in [3.05, 3.63) is 47.5 Å². The van der Waals surface area contributed by atoms with Gasteiger partial charge >= 0.3 is 0 Å². The lowest BCUT2D eigenvalue weighted by Gasteiger charge is -2.14. The first kappa shape index (κ1) is 14.6. The molecule has 0 radical (unpaired) electrons. The molecule has 0 amide bonds. The second kappa shape index (κ2) is 6.09. The van der Waals surface area contributed by atoms with Crippen molar-refractivity contribution in [3.8, 4) is 0 Å². The van der Waals surface area contributed by atoms with Crippen molar-refractivity contribution in [1.29, 1.82) is 0 Å². The third-order valence-corrected chi connectivity index (χ3v) is 3.06. The van der Waals surface area contributed by atoms with Crippen LogP contribution >= 0.6 is 0 Å². The molecule has 0 saturated heterocycles. The van der Waals surface area contributed by atoms with Crippen LogP contribution in [0.15, 0.2) is 24.5 Å². The minimum Gasteiger partial charge on any atom is -0.327 e. The topological polar surface area (TPSA) is 56.7 Å². The van der Waals surface area contributed by atoms with E-state index in [-0.39, 0.29) is 12.1 Å². The number of nitrogens with zero attached hydrogens (tertiary/aromatic N) is 3. The van der Waals surface area contributed by atoms with Crippen LogP contribution in [0.2, 0.25) is 0 Å². The average Bonchev–Trinajstić information content (AvgIpc) is 2.82. The molecule has 0 bridgehead atoms. The summed E-state index contributed by atoms with van der Waals surface area (Å²) in [6.45, 7) is 4.03. The Kier molecular flexibility index (Phi) is 4.44. The Balaban J connectivity index is 2.03. The normalized spacial score (nSPS) is 12.9. The molecule has 2 rings (SSSR count). The Morgan fingerprint density at radius 3 is 2.60 bits per heavy atom. The molecule has 0 aliphatic carbocycles. The number of benzene rings is 1. The van der Waals surface area contributed by atoms with E-state index in [9.17, 15) is 8.78 Å². The van der Waals surface area contributed by atoms with Crippen LogP contribution in [0.25, 0.3) is 0 Å². The number of rotatable bonds is 5. The number of hydrogen-bond donors (Lipinski definition) is 1.